The van der Waals surface area contributed by atoms with Gasteiger partial charge in [-0.3, -0.25) is 9.88 Å². The zero-order valence-electron chi connectivity index (χ0n) is 8.57. The van der Waals surface area contributed by atoms with E-state index in [0.29, 0.717) is 0 Å². The Morgan fingerprint density at radius 2 is 2.64 bits per heavy atom. The normalized spacial score (nSPS) is 23.1. The molecule has 0 aliphatic carbocycles. The Labute approximate surface area is 89.1 Å². The van der Waals surface area contributed by atoms with E-state index >= 15 is 0 Å². The van der Waals surface area contributed by atoms with E-state index in [1.165, 1.54) is 24.4 Å². The van der Waals surface area contributed by atoms with Crippen LogP contribution in [0.25, 0.3) is 0 Å². The lowest BCUT2D eigenvalue weighted by Crippen LogP contribution is -2.24. The lowest BCUT2D eigenvalue weighted by atomic mass is 10.1. The van der Waals surface area contributed by atoms with Crippen LogP contribution < -0.4 is 5.32 Å². The first-order chi connectivity index (χ1) is 6.88. The number of nitrogens with one attached hydrogen (secondary N) is 1. The molecule has 2 rings (SSSR count). The van der Waals surface area contributed by atoms with Gasteiger partial charge in [-0.2, -0.15) is 0 Å². The summed E-state index contributed by atoms with van der Waals surface area (Å²) in [7, 11) is 2.03. The molecule has 1 N–H and O–H groups in total. The topological polar surface area (TPSA) is 28.2 Å². The molecule has 1 aliphatic heterocycles. The van der Waals surface area contributed by atoms with Crippen molar-refractivity contribution in [2.24, 2.45) is 5.92 Å². The summed E-state index contributed by atoms with van der Waals surface area (Å²) < 4.78 is 0. The largest absolute Gasteiger partial charge is 0.319 e. The van der Waals surface area contributed by atoms with E-state index < -0.39 is 0 Å². The molecule has 2 heterocycles. The Hall–Kier alpha value is -0.450. The fourth-order valence-electron chi connectivity index (χ4n) is 2.05. The molecule has 78 valence electrons. The van der Waals surface area contributed by atoms with Crippen molar-refractivity contribution < 1.29 is 0 Å². The second-order valence-corrected chi connectivity index (χ2v) is 4.89. The zero-order valence-corrected chi connectivity index (χ0v) is 9.39. The molecule has 1 fully saturated rings. The first-order valence-corrected chi connectivity index (χ1v) is 6.01. The predicted octanol–water partition coefficient (Wildman–Crippen LogP) is 1.18. The van der Waals surface area contributed by atoms with Crippen LogP contribution in [0, 0.1) is 5.92 Å². The van der Waals surface area contributed by atoms with Crippen LogP contribution >= 0.6 is 11.3 Å². The van der Waals surface area contributed by atoms with Crippen molar-refractivity contribution in [1.82, 2.24) is 15.2 Å². The minimum Gasteiger partial charge on any atom is -0.319 e. The Kier molecular flexibility index (Phi) is 3.50. The van der Waals surface area contributed by atoms with Crippen LogP contribution in [0.15, 0.2) is 11.7 Å². The van der Waals surface area contributed by atoms with Gasteiger partial charge in [0.25, 0.3) is 0 Å². The quantitative estimate of drug-likeness (QED) is 0.810. The molecule has 0 aromatic carbocycles. The highest BCUT2D eigenvalue weighted by Crippen LogP contribution is 2.19. The predicted molar refractivity (Wildman–Crippen MR) is 59.4 cm³/mol. The fourth-order valence-corrected chi connectivity index (χ4v) is 2.69. The molecule has 1 saturated heterocycles. The Morgan fingerprint density at radius 1 is 1.71 bits per heavy atom. The van der Waals surface area contributed by atoms with E-state index in [9.17, 15) is 0 Å². The summed E-state index contributed by atoms with van der Waals surface area (Å²) in [5.74, 6) is 0.841. The van der Waals surface area contributed by atoms with Crippen molar-refractivity contribution in [2.75, 3.05) is 26.7 Å². The fraction of sp³-hybridized carbons (Fsp3) is 0.700. The van der Waals surface area contributed by atoms with Crippen molar-refractivity contribution in [1.29, 1.82) is 0 Å². The van der Waals surface area contributed by atoms with Crippen LogP contribution in [0.2, 0.25) is 0 Å². The van der Waals surface area contributed by atoms with E-state index in [1.54, 1.807) is 11.3 Å². The number of hydrogen-bond acceptors (Lipinski definition) is 4. The van der Waals surface area contributed by atoms with Crippen molar-refractivity contribution >= 4 is 11.3 Å². The van der Waals surface area contributed by atoms with Gasteiger partial charge in [0.1, 0.15) is 0 Å². The number of nitrogens with zero attached hydrogens (tertiary/aromatic N) is 2. The summed E-state index contributed by atoms with van der Waals surface area (Å²) >= 11 is 1.76. The van der Waals surface area contributed by atoms with Crippen LogP contribution in [-0.4, -0.2) is 36.6 Å². The summed E-state index contributed by atoms with van der Waals surface area (Å²) in [5.41, 5.74) is 1.91. The molecule has 0 radical (unpaired) electrons. The smallest absolute Gasteiger partial charge is 0.0794 e. The molecule has 1 aromatic rings. The molecule has 4 heteroatoms. The van der Waals surface area contributed by atoms with Crippen molar-refractivity contribution in [3.05, 3.63) is 16.6 Å². The maximum Gasteiger partial charge on any atom is 0.0794 e. The lowest BCUT2D eigenvalue weighted by molar-refractivity contribution is 0.318. The number of aromatic nitrogens is 1. The Balaban J connectivity index is 1.79. The summed E-state index contributed by atoms with van der Waals surface area (Å²) in [6, 6.07) is 0. The second kappa shape index (κ2) is 4.87. The third-order valence-corrected chi connectivity index (χ3v) is 3.49. The van der Waals surface area contributed by atoms with Gasteiger partial charge in [-0.15, -0.1) is 11.3 Å². The van der Waals surface area contributed by atoms with Crippen molar-refractivity contribution in [3.8, 4) is 0 Å². The minimum atomic E-state index is 0.841. The molecule has 1 unspecified atom stereocenters. The van der Waals surface area contributed by atoms with Gasteiger partial charge >= 0.3 is 0 Å². The summed E-state index contributed by atoms with van der Waals surface area (Å²) in [6.45, 7) is 4.72. The van der Waals surface area contributed by atoms with Crippen LogP contribution in [0.3, 0.4) is 0 Å². The molecule has 0 spiro atoms. The van der Waals surface area contributed by atoms with Crippen LogP contribution in [0.5, 0.6) is 0 Å². The van der Waals surface area contributed by atoms with Gasteiger partial charge in [0.05, 0.1) is 5.51 Å². The van der Waals surface area contributed by atoms with Gasteiger partial charge in [-0.1, -0.05) is 0 Å². The lowest BCUT2D eigenvalue weighted by Gasteiger charge is -2.14. The Morgan fingerprint density at radius 3 is 3.36 bits per heavy atom. The van der Waals surface area contributed by atoms with E-state index in [2.05, 4.69) is 15.2 Å². The van der Waals surface area contributed by atoms with Gasteiger partial charge in [0.15, 0.2) is 0 Å². The molecule has 0 saturated carbocycles. The van der Waals surface area contributed by atoms with Crippen molar-refractivity contribution in [2.45, 2.75) is 13.0 Å². The molecule has 1 aliphatic rings. The summed E-state index contributed by atoms with van der Waals surface area (Å²) in [6.07, 6.45) is 3.32. The highest BCUT2D eigenvalue weighted by Gasteiger charge is 2.21. The van der Waals surface area contributed by atoms with E-state index in [0.717, 1.165) is 19.0 Å². The molecular weight excluding hydrogens is 194 g/mol. The summed E-state index contributed by atoms with van der Waals surface area (Å²) in [4.78, 5) is 8.01. The minimum absolute atomic E-state index is 0.841. The number of rotatable bonds is 4. The van der Waals surface area contributed by atoms with Gasteiger partial charge < -0.3 is 5.32 Å². The first kappa shape index (κ1) is 10.1. The van der Waals surface area contributed by atoms with Crippen LogP contribution in [-0.2, 0) is 6.54 Å². The van der Waals surface area contributed by atoms with Gasteiger partial charge in [0, 0.05) is 24.2 Å². The third-order valence-electron chi connectivity index (χ3n) is 2.73. The molecule has 14 heavy (non-hydrogen) atoms. The molecule has 3 nitrogen and oxygen atoms in total. The molecule has 1 aromatic heterocycles. The number of thiazole rings is 1. The standard InChI is InChI=1S/C10H17N3S/c1-11-4-9-2-3-13(6-9)7-10-5-12-8-14-10/h5,8-9,11H,2-4,6-7H2,1H3. The van der Waals surface area contributed by atoms with Crippen molar-refractivity contribution in [3.63, 3.8) is 0 Å². The second-order valence-electron chi connectivity index (χ2n) is 3.92. The monoisotopic (exact) mass is 211 g/mol. The first-order valence-electron chi connectivity index (χ1n) is 5.13. The van der Waals surface area contributed by atoms with Crippen LogP contribution in [0.1, 0.15) is 11.3 Å². The third kappa shape index (κ3) is 2.53. The molecule has 0 bridgehead atoms. The average Bonchev–Trinajstić information content (AvgIpc) is 2.79. The van der Waals surface area contributed by atoms with E-state index in [4.69, 9.17) is 0 Å². The summed E-state index contributed by atoms with van der Waals surface area (Å²) in [5, 5.41) is 3.25. The Bertz CT molecular complexity index is 260. The SMILES string of the molecule is CNCC1CCN(Cc2cncs2)C1. The van der Waals surface area contributed by atoms with Crippen LogP contribution in [0.4, 0.5) is 0 Å². The maximum absolute atomic E-state index is 4.10. The molecule has 0 amide bonds. The average molecular weight is 211 g/mol. The zero-order chi connectivity index (χ0) is 9.80. The van der Waals surface area contributed by atoms with Gasteiger partial charge in [-0.05, 0) is 32.5 Å². The highest BCUT2D eigenvalue weighted by atomic mass is 32.1. The van der Waals surface area contributed by atoms with E-state index in [-0.39, 0.29) is 0 Å². The highest BCUT2D eigenvalue weighted by molar-refractivity contribution is 7.09. The van der Waals surface area contributed by atoms with E-state index in [1.807, 2.05) is 18.8 Å². The molecule has 1 atom stereocenters. The van der Waals surface area contributed by atoms with Gasteiger partial charge in [0.2, 0.25) is 0 Å². The molecular formula is C10H17N3S. The number of hydrogen-bond donors (Lipinski definition) is 1. The maximum atomic E-state index is 4.10. The number of likely N-dealkylation sites (tertiary alicyclic amines) is 1. The van der Waals surface area contributed by atoms with Gasteiger partial charge in [-0.25, -0.2) is 0 Å².